The van der Waals surface area contributed by atoms with Crippen molar-refractivity contribution in [3.8, 4) is 0 Å². The molecule has 0 bridgehead atoms. The van der Waals surface area contributed by atoms with Crippen LogP contribution in [0.4, 0.5) is 4.39 Å². The summed E-state index contributed by atoms with van der Waals surface area (Å²) < 4.78 is 13.1. The molecule has 1 aliphatic rings. The van der Waals surface area contributed by atoms with E-state index in [4.69, 9.17) is 11.6 Å². The van der Waals surface area contributed by atoms with E-state index >= 15 is 0 Å². The fourth-order valence-electron chi connectivity index (χ4n) is 3.08. The van der Waals surface area contributed by atoms with Crippen LogP contribution in [-0.4, -0.2) is 22.8 Å². The van der Waals surface area contributed by atoms with Gasteiger partial charge in [0.05, 0.1) is 12.5 Å². The van der Waals surface area contributed by atoms with Gasteiger partial charge < -0.3 is 10.2 Å². The van der Waals surface area contributed by atoms with Gasteiger partial charge in [-0.1, -0.05) is 35.9 Å². The molecule has 6 heteroatoms. The third-order valence-corrected chi connectivity index (χ3v) is 4.85. The molecule has 2 aromatic rings. The molecule has 1 fully saturated rings. The molecule has 1 atom stereocenters. The first-order chi connectivity index (χ1) is 12.9. The second-order valence-corrected chi connectivity index (χ2v) is 7.32. The van der Waals surface area contributed by atoms with E-state index in [1.807, 2.05) is 17.0 Å². The Morgan fingerprint density at radius 3 is 2.33 bits per heavy atom. The first kappa shape index (κ1) is 19.4. The number of amides is 2. The Hall–Kier alpha value is -2.40. The van der Waals surface area contributed by atoms with Gasteiger partial charge in [-0.25, -0.2) is 4.39 Å². The SMILES string of the molecule is CC(=O)NC(CC(=O)N(Cc1ccc(F)cc1)C1CC1)c1ccc(Cl)cc1. The van der Waals surface area contributed by atoms with Gasteiger partial charge in [0.1, 0.15) is 5.82 Å². The van der Waals surface area contributed by atoms with Crippen LogP contribution in [0.2, 0.25) is 5.02 Å². The van der Waals surface area contributed by atoms with Crippen LogP contribution in [0.5, 0.6) is 0 Å². The van der Waals surface area contributed by atoms with Crippen LogP contribution in [0.15, 0.2) is 48.5 Å². The Labute approximate surface area is 163 Å². The topological polar surface area (TPSA) is 49.4 Å². The highest BCUT2D eigenvalue weighted by Gasteiger charge is 2.33. The van der Waals surface area contributed by atoms with Gasteiger partial charge in [-0.2, -0.15) is 0 Å². The lowest BCUT2D eigenvalue weighted by atomic mass is 10.0. The molecule has 2 amide bonds. The Kier molecular flexibility index (Phi) is 6.11. The summed E-state index contributed by atoms with van der Waals surface area (Å²) in [6.45, 7) is 1.88. The zero-order chi connectivity index (χ0) is 19.4. The molecule has 4 nitrogen and oxygen atoms in total. The van der Waals surface area contributed by atoms with Crippen molar-refractivity contribution in [3.63, 3.8) is 0 Å². The van der Waals surface area contributed by atoms with Crippen LogP contribution in [0, 0.1) is 5.82 Å². The van der Waals surface area contributed by atoms with Crippen molar-refractivity contribution in [2.24, 2.45) is 0 Å². The maximum absolute atomic E-state index is 13.1. The number of carbonyl (C=O) groups excluding carboxylic acids is 2. The van der Waals surface area contributed by atoms with Crippen LogP contribution in [0.1, 0.15) is 43.4 Å². The minimum absolute atomic E-state index is 0.0319. The molecule has 1 saturated carbocycles. The summed E-state index contributed by atoms with van der Waals surface area (Å²) in [5.74, 6) is -0.522. The largest absolute Gasteiger partial charge is 0.349 e. The van der Waals surface area contributed by atoms with Crippen molar-refractivity contribution in [2.45, 2.75) is 44.8 Å². The van der Waals surface area contributed by atoms with E-state index in [0.29, 0.717) is 11.6 Å². The summed E-state index contributed by atoms with van der Waals surface area (Å²) >= 11 is 5.94. The molecule has 1 aliphatic carbocycles. The van der Waals surface area contributed by atoms with Crippen LogP contribution in [0.25, 0.3) is 0 Å². The zero-order valence-corrected chi connectivity index (χ0v) is 15.9. The maximum atomic E-state index is 13.1. The summed E-state index contributed by atoms with van der Waals surface area (Å²) in [5.41, 5.74) is 1.72. The van der Waals surface area contributed by atoms with Crippen molar-refractivity contribution < 1.29 is 14.0 Å². The number of hydrogen-bond donors (Lipinski definition) is 1. The number of hydrogen-bond acceptors (Lipinski definition) is 2. The van der Waals surface area contributed by atoms with Crippen LogP contribution in [-0.2, 0) is 16.1 Å². The second-order valence-electron chi connectivity index (χ2n) is 6.89. The summed E-state index contributed by atoms with van der Waals surface area (Å²) in [6.07, 6.45) is 2.11. The van der Waals surface area contributed by atoms with E-state index in [9.17, 15) is 14.0 Å². The average Bonchev–Trinajstić information content (AvgIpc) is 3.46. The van der Waals surface area contributed by atoms with Crippen molar-refractivity contribution >= 4 is 23.4 Å². The van der Waals surface area contributed by atoms with E-state index in [1.165, 1.54) is 19.1 Å². The molecule has 0 saturated heterocycles. The number of nitrogens with one attached hydrogen (secondary N) is 1. The lowest BCUT2D eigenvalue weighted by Gasteiger charge is -2.26. The van der Waals surface area contributed by atoms with Crippen molar-refractivity contribution in [1.29, 1.82) is 0 Å². The summed E-state index contributed by atoms with van der Waals surface area (Å²) in [7, 11) is 0. The van der Waals surface area contributed by atoms with E-state index < -0.39 is 6.04 Å². The second kappa shape index (κ2) is 8.53. The zero-order valence-electron chi connectivity index (χ0n) is 15.1. The molecule has 1 N–H and O–H groups in total. The Bertz CT molecular complexity index is 804. The molecule has 1 unspecified atom stereocenters. The minimum Gasteiger partial charge on any atom is -0.349 e. The molecule has 2 aromatic carbocycles. The lowest BCUT2D eigenvalue weighted by Crippen LogP contribution is -2.36. The summed E-state index contributed by atoms with van der Waals surface area (Å²) in [5, 5.41) is 3.45. The average molecular weight is 389 g/mol. The van der Waals surface area contributed by atoms with Crippen LogP contribution >= 0.6 is 11.6 Å². The van der Waals surface area contributed by atoms with Crippen molar-refractivity contribution in [2.75, 3.05) is 0 Å². The summed E-state index contributed by atoms with van der Waals surface area (Å²) in [6, 6.07) is 13.1. The standard InChI is InChI=1S/C21H22ClFN2O2/c1-14(26)24-20(16-4-6-17(22)7-5-16)12-21(27)25(19-10-11-19)13-15-2-8-18(23)9-3-15/h2-9,19-20H,10-13H2,1H3,(H,24,26). The fourth-order valence-corrected chi connectivity index (χ4v) is 3.20. The number of carbonyl (C=O) groups is 2. The Balaban J connectivity index is 1.74. The number of benzene rings is 2. The predicted molar refractivity (Wildman–Crippen MR) is 103 cm³/mol. The predicted octanol–water partition coefficient (Wildman–Crippen LogP) is 4.24. The normalized spacial score (nSPS) is 14.5. The third-order valence-electron chi connectivity index (χ3n) is 4.60. The Morgan fingerprint density at radius 2 is 1.78 bits per heavy atom. The van der Waals surface area contributed by atoms with Crippen molar-refractivity contribution in [3.05, 3.63) is 70.5 Å². The molecule has 0 aliphatic heterocycles. The molecule has 3 rings (SSSR count). The third kappa shape index (κ3) is 5.54. The fraction of sp³-hybridized carbons (Fsp3) is 0.333. The van der Waals surface area contributed by atoms with Gasteiger partial charge in [-0.05, 0) is 48.2 Å². The van der Waals surface area contributed by atoms with E-state index in [1.54, 1.807) is 24.3 Å². The van der Waals surface area contributed by atoms with Crippen molar-refractivity contribution in [1.82, 2.24) is 10.2 Å². The molecule has 0 radical (unpaired) electrons. The van der Waals surface area contributed by atoms with E-state index in [-0.39, 0.29) is 30.1 Å². The highest BCUT2D eigenvalue weighted by atomic mass is 35.5. The van der Waals surface area contributed by atoms with Gasteiger partial charge in [0.2, 0.25) is 11.8 Å². The minimum atomic E-state index is -0.415. The number of halogens is 2. The molecular weight excluding hydrogens is 367 g/mol. The van der Waals surface area contributed by atoms with Gasteiger partial charge in [-0.3, -0.25) is 9.59 Å². The number of nitrogens with zero attached hydrogens (tertiary/aromatic N) is 1. The first-order valence-corrected chi connectivity index (χ1v) is 9.36. The van der Waals surface area contributed by atoms with Gasteiger partial charge in [0.25, 0.3) is 0 Å². The molecule has 0 heterocycles. The van der Waals surface area contributed by atoms with Crippen LogP contribution < -0.4 is 5.32 Å². The molecule has 142 valence electrons. The number of rotatable bonds is 7. The molecular formula is C21H22ClFN2O2. The first-order valence-electron chi connectivity index (χ1n) is 8.99. The highest BCUT2D eigenvalue weighted by molar-refractivity contribution is 6.30. The Morgan fingerprint density at radius 1 is 1.15 bits per heavy atom. The van der Waals surface area contributed by atoms with Gasteiger partial charge in [0, 0.05) is 24.5 Å². The highest BCUT2D eigenvalue weighted by Crippen LogP contribution is 2.30. The molecule has 27 heavy (non-hydrogen) atoms. The van der Waals surface area contributed by atoms with Crippen LogP contribution in [0.3, 0.4) is 0 Å². The van der Waals surface area contributed by atoms with Gasteiger partial charge in [-0.15, -0.1) is 0 Å². The van der Waals surface area contributed by atoms with Gasteiger partial charge in [0.15, 0.2) is 0 Å². The quantitative estimate of drug-likeness (QED) is 0.771. The maximum Gasteiger partial charge on any atom is 0.225 e. The molecule has 0 spiro atoms. The monoisotopic (exact) mass is 388 g/mol. The van der Waals surface area contributed by atoms with E-state index in [0.717, 1.165) is 24.0 Å². The molecule has 0 aromatic heterocycles. The van der Waals surface area contributed by atoms with E-state index in [2.05, 4.69) is 5.32 Å². The van der Waals surface area contributed by atoms with Gasteiger partial charge >= 0.3 is 0 Å². The smallest absolute Gasteiger partial charge is 0.225 e. The lowest BCUT2D eigenvalue weighted by molar-refractivity contribution is -0.133. The summed E-state index contributed by atoms with van der Waals surface area (Å²) in [4.78, 5) is 26.5.